The van der Waals surface area contributed by atoms with Crippen LogP contribution >= 0.6 is 23.2 Å². The van der Waals surface area contributed by atoms with E-state index in [9.17, 15) is 0 Å². The molecule has 146 valence electrons. The van der Waals surface area contributed by atoms with Crippen LogP contribution in [0, 0.1) is 0 Å². The Kier molecular flexibility index (Phi) is 5.80. The van der Waals surface area contributed by atoms with Gasteiger partial charge in [-0.2, -0.15) is 0 Å². The molecular formula is C20H19Cl2N3O3. The summed E-state index contributed by atoms with van der Waals surface area (Å²) in [5.41, 5.74) is 1.08. The first-order valence-corrected chi connectivity index (χ1v) is 9.81. The van der Waals surface area contributed by atoms with E-state index in [1.54, 1.807) is 7.11 Å². The van der Waals surface area contributed by atoms with E-state index in [2.05, 4.69) is 15.2 Å². The molecule has 3 heterocycles. The lowest BCUT2D eigenvalue weighted by Crippen LogP contribution is -2.25. The Labute approximate surface area is 172 Å². The second-order valence-electron chi connectivity index (χ2n) is 6.51. The molecule has 6 nitrogen and oxygen atoms in total. The van der Waals surface area contributed by atoms with Crippen molar-refractivity contribution in [2.24, 2.45) is 0 Å². The fourth-order valence-electron chi connectivity index (χ4n) is 3.36. The van der Waals surface area contributed by atoms with Gasteiger partial charge >= 0.3 is 0 Å². The first-order valence-electron chi connectivity index (χ1n) is 9.06. The van der Waals surface area contributed by atoms with Crippen LogP contribution in [-0.4, -0.2) is 41.6 Å². The van der Waals surface area contributed by atoms with Gasteiger partial charge in [0.15, 0.2) is 0 Å². The molecular weight excluding hydrogens is 401 g/mol. The molecule has 1 saturated heterocycles. The van der Waals surface area contributed by atoms with Crippen molar-refractivity contribution in [3.8, 4) is 22.9 Å². The molecule has 1 aromatic carbocycles. The summed E-state index contributed by atoms with van der Waals surface area (Å²) in [7, 11) is 1.55. The third-order valence-electron chi connectivity index (χ3n) is 4.72. The van der Waals surface area contributed by atoms with Gasteiger partial charge in [0.25, 0.3) is 0 Å². The van der Waals surface area contributed by atoms with Crippen molar-refractivity contribution in [2.45, 2.75) is 25.4 Å². The molecule has 4 rings (SSSR count). The molecule has 8 heteroatoms. The zero-order chi connectivity index (χ0) is 19.5. The first-order chi connectivity index (χ1) is 13.7. The highest BCUT2D eigenvalue weighted by Crippen LogP contribution is 2.41. The van der Waals surface area contributed by atoms with Gasteiger partial charge in [0.2, 0.25) is 5.88 Å². The minimum Gasteiger partial charge on any atom is -0.490 e. The van der Waals surface area contributed by atoms with Gasteiger partial charge in [-0.3, -0.25) is 4.98 Å². The Morgan fingerprint density at radius 1 is 1.14 bits per heavy atom. The number of nitrogens with zero attached hydrogens (tertiary/aromatic N) is 3. The van der Waals surface area contributed by atoms with Gasteiger partial charge in [-0.25, -0.2) is 0 Å². The van der Waals surface area contributed by atoms with Crippen LogP contribution in [-0.2, 0) is 4.74 Å². The molecule has 2 aromatic heterocycles. The van der Waals surface area contributed by atoms with Crippen molar-refractivity contribution >= 4 is 34.0 Å². The molecule has 28 heavy (non-hydrogen) atoms. The number of hydrogen-bond acceptors (Lipinski definition) is 6. The SMILES string of the molecule is COc1nnc(-c2c(Cl)cncc2Cl)c2c(OCC3CCCCO3)cccc12. The van der Waals surface area contributed by atoms with Gasteiger partial charge in [0, 0.05) is 24.6 Å². The second kappa shape index (κ2) is 8.47. The zero-order valence-corrected chi connectivity index (χ0v) is 16.8. The number of ether oxygens (including phenoxy) is 3. The summed E-state index contributed by atoms with van der Waals surface area (Å²) in [4.78, 5) is 4.02. The fourth-order valence-corrected chi connectivity index (χ4v) is 3.90. The van der Waals surface area contributed by atoms with Crippen molar-refractivity contribution < 1.29 is 14.2 Å². The van der Waals surface area contributed by atoms with Crippen molar-refractivity contribution in [1.82, 2.24) is 15.2 Å². The molecule has 0 spiro atoms. The molecule has 0 bridgehead atoms. The molecule has 1 atom stereocenters. The Balaban J connectivity index is 1.83. The van der Waals surface area contributed by atoms with Gasteiger partial charge in [-0.1, -0.05) is 29.3 Å². The minimum atomic E-state index is 0.0808. The summed E-state index contributed by atoms with van der Waals surface area (Å²) in [5.74, 6) is 1.05. The average molecular weight is 420 g/mol. The lowest BCUT2D eigenvalue weighted by atomic mass is 10.0. The smallest absolute Gasteiger partial charge is 0.241 e. The largest absolute Gasteiger partial charge is 0.490 e. The number of methoxy groups -OCH3 is 1. The third kappa shape index (κ3) is 3.72. The lowest BCUT2D eigenvalue weighted by Gasteiger charge is -2.23. The molecule has 1 aliphatic heterocycles. The van der Waals surface area contributed by atoms with Crippen LogP contribution in [0.15, 0.2) is 30.6 Å². The van der Waals surface area contributed by atoms with Crippen molar-refractivity contribution in [2.75, 3.05) is 20.3 Å². The van der Waals surface area contributed by atoms with Gasteiger partial charge < -0.3 is 14.2 Å². The molecule has 1 aliphatic rings. The lowest BCUT2D eigenvalue weighted by molar-refractivity contribution is -0.0107. The average Bonchev–Trinajstić information content (AvgIpc) is 2.72. The number of benzene rings is 1. The Morgan fingerprint density at radius 2 is 1.96 bits per heavy atom. The quantitative estimate of drug-likeness (QED) is 0.582. The number of fused-ring (bicyclic) bond motifs is 1. The summed E-state index contributed by atoms with van der Waals surface area (Å²) < 4.78 is 17.3. The van der Waals surface area contributed by atoms with Gasteiger partial charge in [0.05, 0.1) is 34.0 Å². The number of aromatic nitrogens is 3. The molecule has 3 aromatic rings. The van der Waals surface area contributed by atoms with Crippen molar-refractivity contribution in [3.63, 3.8) is 0 Å². The van der Waals surface area contributed by atoms with Gasteiger partial charge in [-0.15, -0.1) is 10.2 Å². The fraction of sp³-hybridized carbons (Fsp3) is 0.350. The highest BCUT2D eigenvalue weighted by Gasteiger charge is 2.21. The summed E-state index contributed by atoms with van der Waals surface area (Å²) >= 11 is 12.8. The Bertz CT molecular complexity index is 974. The third-order valence-corrected chi connectivity index (χ3v) is 5.29. The van der Waals surface area contributed by atoms with Crippen LogP contribution in [0.25, 0.3) is 22.0 Å². The van der Waals surface area contributed by atoms with Crippen LogP contribution in [0.1, 0.15) is 19.3 Å². The van der Waals surface area contributed by atoms with Crippen LogP contribution in [0.5, 0.6) is 11.6 Å². The Hall–Kier alpha value is -2.15. The zero-order valence-electron chi connectivity index (χ0n) is 15.3. The van der Waals surface area contributed by atoms with Crippen LogP contribution in [0.4, 0.5) is 0 Å². The standard InChI is InChI=1S/C20H19Cl2N3O3/c1-26-20-13-6-4-7-16(28-11-12-5-2-3-8-27-12)17(13)19(24-25-20)18-14(21)9-23-10-15(18)22/h4,6-7,9-10,12H,2-3,5,8,11H2,1H3. The first kappa shape index (κ1) is 19.2. The second-order valence-corrected chi connectivity index (χ2v) is 7.33. The number of halogens is 2. The number of hydrogen-bond donors (Lipinski definition) is 0. The predicted octanol–water partition coefficient (Wildman–Crippen LogP) is 4.96. The van der Waals surface area contributed by atoms with E-state index in [0.29, 0.717) is 39.5 Å². The maximum Gasteiger partial charge on any atom is 0.241 e. The van der Waals surface area contributed by atoms with Crippen molar-refractivity contribution in [3.05, 3.63) is 40.6 Å². The molecule has 1 fully saturated rings. The monoisotopic (exact) mass is 419 g/mol. The Morgan fingerprint density at radius 3 is 2.68 bits per heavy atom. The molecule has 0 amide bonds. The summed E-state index contributed by atoms with van der Waals surface area (Å²) in [6.45, 7) is 1.23. The summed E-state index contributed by atoms with van der Waals surface area (Å²) in [5, 5.41) is 10.8. The predicted molar refractivity (Wildman–Crippen MR) is 108 cm³/mol. The number of rotatable bonds is 5. The van der Waals surface area contributed by atoms with E-state index >= 15 is 0 Å². The summed E-state index contributed by atoms with van der Waals surface area (Å²) in [6, 6.07) is 5.68. The van der Waals surface area contributed by atoms with E-state index in [-0.39, 0.29) is 6.10 Å². The molecule has 0 N–H and O–H groups in total. The highest BCUT2D eigenvalue weighted by molar-refractivity contribution is 6.39. The maximum absolute atomic E-state index is 6.38. The van der Waals surface area contributed by atoms with Crippen LogP contribution in [0.3, 0.4) is 0 Å². The van der Waals surface area contributed by atoms with Crippen molar-refractivity contribution in [1.29, 1.82) is 0 Å². The maximum atomic E-state index is 6.38. The molecule has 0 aliphatic carbocycles. The normalized spacial score (nSPS) is 16.9. The van der Waals surface area contributed by atoms with E-state index in [4.69, 9.17) is 37.4 Å². The summed E-state index contributed by atoms with van der Waals surface area (Å²) in [6.07, 6.45) is 6.37. The van der Waals surface area contributed by atoms with Gasteiger partial charge in [0.1, 0.15) is 18.1 Å². The van der Waals surface area contributed by atoms with Crippen LogP contribution < -0.4 is 9.47 Å². The molecule has 0 radical (unpaired) electrons. The number of pyridine rings is 1. The van der Waals surface area contributed by atoms with E-state index < -0.39 is 0 Å². The van der Waals surface area contributed by atoms with E-state index in [1.165, 1.54) is 12.4 Å². The minimum absolute atomic E-state index is 0.0808. The highest BCUT2D eigenvalue weighted by atomic mass is 35.5. The molecule has 1 unspecified atom stereocenters. The van der Waals surface area contributed by atoms with E-state index in [1.807, 2.05) is 18.2 Å². The van der Waals surface area contributed by atoms with Gasteiger partial charge in [-0.05, 0) is 31.4 Å². The molecule has 0 saturated carbocycles. The van der Waals surface area contributed by atoms with E-state index in [0.717, 1.165) is 36.6 Å². The van der Waals surface area contributed by atoms with Crippen LogP contribution in [0.2, 0.25) is 10.0 Å². The topological polar surface area (TPSA) is 66.4 Å².